The SMILES string of the molecule is CC1C(=O)N(C(CCN2CCC3(CC3)C(O)C2)C(=O)O)CCN1c1cccc(OC(F)(F)F)c1. The first-order valence-corrected chi connectivity index (χ1v) is 11.6. The molecule has 0 aromatic heterocycles. The van der Waals surface area contributed by atoms with Gasteiger partial charge in [0.1, 0.15) is 17.8 Å². The summed E-state index contributed by atoms with van der Waals surface area (Å²) in [6, 6.07) is 3.65. The predicted octanol–water partition coefficient (Wildman–Crippen LogP) is 2.31. The van der Waals surface area contributed by atoms with Crippen molar-refractivity contribution in [2.45, 2.75) is 57.2 Å². The molecule has 2 heterocycles. The van der Waals surface area contributed by atoms with E-state index in [-0.39, 0.29) is 30.7 Å². The Morgan fingerprint density at radius 1 is 1.24 bits per heavy atom. The van der Waals surface area contributed by atoms with Crippen molar-refractivity contribution in [3.05, 3.63) is 24.3 Å². The molecule has 2 saturated heterocycles. The van der Waals surface area contributed by atoms with Crippen molar-refractivity contribution in [2.24, 2.45) is 5.41 Å². The summed E-state index contributed by atoms with van der Waals surface area (Å²) in [4.78, 5) is 30.2. The summed E-state index contributed by atoms with van der Waals surface area (Å²) in [7, 11) is 0. The first kappa shape index (κ1) is 24.6. The number of aliphatic carboxylic acids is 1. The molecule has 34 heavy (non-hydrogen) atoms. The number of carbonyl (C=O) groups excluding carboxylic acids is 1. The number of rotatable bonds is 7. The Kier molecular flexibility index (Phi) is 6.69. The maximum absolute atomic E-state index is 13.1. The van der Waals surface area contributed by atoms with Crippen LogP contribution in [0.4, 0.5) is 18.9 Å². The number of aliphatic hydroxyl groups excluding tert-OH is 1. The summed E-state index contributed by atoms with van der Waals surface area (Å²) >= 11 is 0. The van der Waals surface area contributed by atoms with Gasteiger partial charge in [-0.1, -0.05) is 6.07 Å². The number of carbonyl (C=O) groups is 2. The molecule has 11 heteroatoms. The molecule has 1 aliphatic carbocycles. The van der Waals surface area contributed by atoms with E-state index in [0.717, 1.165) is 25.8 Å². The molecule has 1 saturated carbocycles. The van der Waals surface area contributed by atoms with Crippen molar-refractivity contribution in [3.8, 4) is 5.75 Å². The molecule has 4 rings (SSSR count). The number of piperidine rings is 1. The number of nitrogens with zero attached hydrogens (tertiary/aromatic N) is 3. The third kappa shape index (κ3) is 5.25. The van der Waals surface area contributed by atoms with Crippen LogP contribution in [-0.4, -0.2) is 89.2 Å². The van der Waals surface area contributed by atoms with Gasteiger partial charge in [-0.3, -0.25) is 4.79 Å². The van der Waals surface area contributed by atoms with Gasteiger partial charge < -0.3 is 29.6 Å². The van der Waals surface area contributed by atoms with E-state index in [4.69, 9.17) is 0 Å². The molecule has 0 radical (unpaired) electrons. The molecule has 188 valence electrons. The number of carboxylic acids is 1. The van der Waals surface area contributed by atoms with Crippen LogP contribution in [0.1, 0.15) is 32.6 Å². The van der Waals surface area contributed by atoms with Crippen molar-refractivity contribution in [2.75, 3.05) is 37.6 Å². The number of aliphatic hydroxyl groups is 1. The number of amides is 1. The van der Waals surface area contributed by atoms with E-state index in [1.807, 2.05) is 0 Å². The molecule has 3 aliphatic rings. The number of piperazine rings is 1. The van der Waals surface area contributed by atoms with E-state index in [0.29, 0.717) is 18.8 Å². The molecule has 3 fully saturated rings. The average molecular weight is 486 g/mol. The monoisotopic (exact) mass is 485 g/mol. The number of hydrogen-bond acceptors (Lipinski definition) is 6. The zero-order chi connectivity index (χ0) is 24.7. The van der Waals surface area contributed by atoms with Crippen LogP contribution in [0, 0.1) is 5.41 Å². The normalized spacial score (nSPS) is 26.0. The molecule has 1 aromatic rings. The van der Waals surface area contributed by atoms with Crippen LogP contribution in [-0.2, 0) is 9.59 Å². The molecule has 2 N–H and O–H groups in total. The molecule has 3 atom stereocenters. The van der Waals surface area contributed by atoms with Crippen molar-refractivity contribution in [1.29, 1.82) is 0 Å². The topological polar surface area (TPSA) is 93.5 Å². The lowest BCUT2D eigenvalue weighted by molar-refractivity contribution is -0.274. The van der Waals surface area contributed by atoms with Gasteiger partial charge in [-0.2, -0.15) is 0 Å². The lowest BCUT2D eigenvalue weighted by atomic mass is 9.90. The first-order valence-electron chi connectivity index (χ1n) is 11.6. The zero-order valence-electron chi connectivity index (χ0n) is 19.0. The number of hydrogen-bond donors (Lipinski definition) is 2. The standard InChI is InChI=1S/C23H30F3N3O5/c1-15-20(31)29(12-11-28(15)16-3-2-4-17(13-16)34-23(24,25)26)18(21(32)33)5-9-27-10-8-22(6-7-22)19(30)14-27/h2-4,13,15,18-19,30H,5-12,14H2,1H3,(H,32,33). The molecule has 0 bridgehead atoms. The number of likely N-dealkylation sites (tertiary alicyclic amines) is 1. The number of alkyl halides is 3. The van der Waals surface area contributed by atoms with Gasteiger partial charge >= 0.3 is 12.3 Å². The van der Waals surface area contributed by atoms with E-state index >= 15 is 0 Å². The average Bonchev–Trinajstić information content (AvgIpc) is 3.53. The maximum atomic E-state index is 13.1. The number of benzene rings is 1. The molecule has 2 aliphatic heterocycles. The molecule has 1 spiro atoms. The lowest BCUT2D eigenvalue weighted by Crippen LogP contribution is -2.60. The molecule has 8 nitrogen and oxygen atoms in total. The predicted molar refractivity (Wildman–Crippen MR) is 116 cm³/mol. The molecular formula is C23H30F3N3O5. The highest BCUT2D eigenvalue weighted by molar-refractivity contribution is 5.90. The number of β-amino-alcohol motifs (C(OH)–C–C–N with tert-alkyl or cyclic N) is 1. The van der Waals surface area contributed by atoms with Crippen molar-refractivity contribution in [3.63, 3.8) is 0 Å². The quantitative estimate of drug-likeness (QED) is 0.612. The summed E-state index contributed by atoms with van der Waals surface area (Å²) in [5, 5.41) is 20.2. The molecule has 1 aromatic carbocycles. The van der Waals surface area contributed by atoms with Gasteiger partial charge in [-0.15, -0.1) is 13.2 Å². The molecular weight excluding hydrogens is 455 g/mol. The Bertz CT molecular complexity index is 923. The third-order valence-corrected chi connectivity index (χ3v) is 7.41. The summed E-state index contributed by atoms with van der Waals surface area (Å²) in [5.74, 6) is -1.87. The first-order chi connectivity index (χ1) is 16.0. The fourth-order valence-corrected chi connectivity index (χ4v) is 5.16. The van der Waals surface area contributed by atoms with Gasteiger partial charge in [0.05, 0.1) is 6.10 Å². The van der Waals surface area contributed by atoms with Crippen LogP contribution in [0.2, 0.25) is 0 Å². The Labute approximate surface area is 195 Å². The number of ether oxygens (including phenoxy) is 1. The largest absolute Gasteiger partial charge is 0.573 e. The maximum Gasteiger partial charge on any atom is 0.573 e. The second-order valence-corrected chi connectivity index (χ2v) is 9.52. The van der Waals surface area contributed by atoms with Crippen LogP contribution in [0.5, 0.6) is 5.75 Å². The van der Waals surface area contributed by atoms with Gasteiger partial charge in [-0.25, -0.2) is 4.79 Å². The Hall–Kier alpha value is -2.53. The van der Waals surface area contributed by atoms with E-state index in [2.05, 4.69) is 9.64 Å². The Balaban J connectivity index is 1.38. The third-order valence-electron chi connectivity index (χ3n) is 7.41. The summed E-state index contributed by atoms with van der Waals surface area (Å²) in [5.41, 5.74) is 0.456. The second-order valence-electron chi connectivity index (χ2n) is 9.52. The van der Waals surface area contributed by atoms with E-state index < -0.39 is 36.4 Å². The Morgan fingerprint density at radius 2 is 1.97 bits per heavy atom. The number of halogens is 3. The molecule has 1 amide bonds. The zero-order valence-corrected chi connectivity index (χ0v) is 19.0. The van der Waals surface area contributed by atoms with Crippen LogP contribution in [0.25, 0.3) is 0 Å². The number of carboxylic acid groups (broad SMARTS) is 1. The summed E-state index contributed by atoms with van der Waals surface area (Å²) < 4.78 is 41.7. The van der Waals surface area contributed by atoms with Crippen LogP contribution in [0.3, 0.4) is 0 Å². The highest BCUT2D eigenvalue weighted by atomic mass is 19.4. The molecule has 3 unspecified atom stereocenters. The van der Waals surface area contributed by atoms with Gasteiger partial charge in [0.2, 0.25) is 5.91 Å². The van der Waals surface area contributed by atoms with Gasteiger partial charge in [0, 0.05) is 37.9 Å². The minimum absolute atomic E-state index is 0.0624. The minimum Gasteiger partial charge on any atom is -0.480 e. The van der Waals surface area contributed by atoms with Gasteiger partial charge in [-0.05, 0) is 56.7 Å². The lowest BCUT2D eigenvalue weighted by Gasteiger charge is -2.43. The van der Waals surface area contributed by atoms with Crippen LogP contribution >= 0.6 is 0 Å². The van der Waals surface area contributed by atoms with Crippen LogP contribution in [0.15, 0.2) is 24.3 Å². The second kappa shape index (κ2) is 9.26. The van der Waals surface area contributed by atoms with E-state index in [1.165, 1.54) is 23.1 Å². The van der Waals surface area contributed by atoms with E-state index in [1.54, 1.807) is 17.9 Å². The number of anilines is 1. The summed E-state index contributed by atoms with van der Waals surface area (Å²) in [6.07, 6.45) is -1.99. The minimum atomic E-state index is -4.82. The van der Waals surface area contributed by atoms with Gasteiger partial charge in [0.15, 0.2) is 0 Å². The van der Waals surface area contributed by atoms with E-state index in [9.17, 15) is 33.0 Å². The van der Waals surface area contributed by atoms with Crippen LogP contribution < -0.4 is 9.64 Å². The fourth-order valence-electron chi connectivity index (χ4n) is 5.16. The van der Waals surface area contributed by atoms with Crippen molar-refractivity contribution < 1.29 is 37.7 Å². The highest BCUT2D eigenvalue weighted by Gasteiger charge is 2.51. The Morgan fingerprint density at radius 3 is 2.59 bits per heavy atom. The van der Waals surface area contributed by atoms with Crippen molar-refractivity contribution >= 4 is 17.6 Å². The fraction of sp³-hybridized carbons (Fsp3) is 0.652. The van der Waals surface area contributed by atoms with Gasteiger partial charge in [0.25, 0.3) is 0 Å². The summed E-state index contributed by atoms with van der Waals surface area (Å²) in [6.45, 7) is 3.80. The smallest absolute Gasteiger partial charge is 0.480 e. The van der Waals surface area contributed by atoms with Crippen molar-refractivity contribution in [1.82, 2.24) is 9.80 Å². The highest BCUT2D eigenvalue weighted by Crippen LogP contribution is 2.53.